The number of hydrogen-bond acceptors (Lipinski definition) is 6. The Bertz CT molecular complexity index is 1100. The maximum Gasteiger partial charge on any atom is 0.231 e. The number of unbranched alkanes of at least 4 members (excludes halogenated alkanes) is 1. The summed E-state index contributed by atoms with van der Waals surface area (Å²) >= 11 is 0. The largest absolute Gasteiger partial charge is 0.336 e. The summed E-state index contributed by atoms with van der Waals surface area (Å²) in [6.07, 6.45) is 2.23. The zero-order chi connectivity index (χ0) is 21.6. The van der Waals surface area contributed by atoms with E-state index in [1.54, 1.807) is 4.80 Å². The summed E-state index contributed by atoms with van der Waals surface area (Å²) in [6, 6.07) is 18.7. The number of hydrogen-bond donors (Lipinski definition) is 1. The number of aryl methyl sites for hydroxylation is 2. The number of para-hydroxylation sites is 1. The summed E-state index contributed by atoms with van der Waals surface area (Å²) in [5, 5.41) is 14.1. The highest BCUT2D eigenvalue weighted by atomic mass is 15.7. The molecule has 4 aromatic rings. The normalized spacial score (nSPS) is 10.9. The van der Waals surface area contributed by atoms with Crippen molar-refractivity contribution in [3.63, 3.8) is 0 Å². The molecule has 0 spiro atoms. The second-order valence-electron chi connectivity index (χ2n) is 7.63. The molecule has 0 saturated heterocycles. The van der Waals surface area contributed by atoms with Crippen LogP contribution in [0.1, 0.15) is 36.7 Å². The van der Waals surface area contributed by atoms with Gasteiger partial charge in [-0.15, -0.1) is 0 Å². The van der Waals surface area contributed by atoms with Gasteiger partial charge >= 0.3 is 0 Å². The Morgan fingerprint density at radius 1 is 0.968 bits per heavy atom. The van der Waals surface area contributed by atoms with Crippen molar-refractivity contribution >= 4 is 5.95 Å². The lowest BCUT2D eigenvalue weighted by molar-refractivity contribution is -0.719. The molecule has 2 aromatic heterocycles. The monoisotopic (exact) mass is 415 g/mol. The second-order valence-corrected chi connectivity index (χ2v) is 7.63. The lowest BCUT2D eigenvalue weighted by atomic mass is 10.0. The van der Waals surface area contributed by atoms with Crippen LogP contribution >= 0.6 is 0 Å². The summed E-state index contributed by atoms with van der Waals surface area (Å²) in [5.41, 5.74) is 6.26. The summed E-state index contributed by atoms with van der Waals surface area (Å²) in [7, 11) is 0. The fourth-order valence-corrected chi connectivity index (χ4v) is 3.60. The van der Waals surface area contributed by atoms with E-state index in [2.05, 4.69) is 73.0 Å². The van der Waals surface area contributed by atoms with Crippen molar-refractivity contribution in [3.8, 4) is 16.8 Å². The predicted molar refractivity (Wildman–Crippen MR) is 119 cm³/mol. The number of benzene rings is 2. The van der Waals surface area contributed by atoms with Gasteiger partial charge in [-0.25, -0.2) is 9.97 Å². The minimum Gasteiger partial charge on any atom is -0.336 e. The van der Waals surface area contributed by atoms with Gasteiger partial charge in [-0.3, -0.25) is 0 Å². The highest BCUT2D eigenvalue weighted by molar-refractivity contribution is 5.70. The molecule has 8 heteroatoms. The molecular weight excluding hydrogens is 388 g/mol. The van der Waals surface area contributed by atoms with Gasteiger partial charge < -0.3 is 4.90 Å². The van der Waals surface area contributed by atoms with Crippen molar-refractivity contribution in [2.45, 2.75) is 40.2 Å². The van der Waals surface area contributed by atoms with Crippen molar-refractivity contribution in [2.24, 2.45) is 0 Å². The Morgan fingerprint density at radius 3 is 2.39 bits per heavy atom. The van der Waals surface area contributed by atoms with Crippen molar-refractivity contribution in [1.82, 2.24) is 30.8 Å². The summed E-state index contributed by atoms with van der Waals surface area (Å²) in [4.78, 5) is 13.2. The van der Waals surface area contributed by atoms with Crippen LogP contribution in [0.5, 0.6) is 0 Å². The minimum absolute atomic E-state index is 0.769. The van der Waals surface area contributed by atoms with E-state index >= 15 is 0 Å². The van der Waals surface area contributed by atoms with E-state index < -0.39 is 0 Å². The SMILES string of the molecule is CCCCN(Cc1ccc(-c2ccccc2-[n+]2nnn[nH]2)cc1)c1nc(C)cc(C)n1. The molecule has 0 amide bonds. The lowest BCUT2D eigenvalue weighted by Gasteiger charge is -2.23. The van der Waals surface area contributed by atoms with Crippen molar-refractivity contribution in [1.29, 1.82) is 0 Å². The molecule has 31 heavy (non-hydrogen) atoms. The van der Waals surface area contributed by atoms with Crippen molar-refractivity contribution < 1.29 is 4.80 Å². The van der Waals surface area contributed by atoms with Crippen LogP contribution < -0.4 is 9.70 Å². The van der Waals surface area contributed by atoms with Crippen LogP contribution in [0.2, 0.25) is 0 Å². The van der Waals surface area contributed by atoms with Crippen LogP contribution in [0, 0.1) is 13.8 Å². The molecule has 1 N–H and O–H groups in total. The second kappa shape index (κ2) is 9.42. The molecule has 8 nitrogen and oxygen atoms in total. The first-order chi connectivity index (χ1) is 15.1. The number of rotatable bonds is 8. The van der Waals surface area contributed by atoms with E-state index in [4.69, 9.17) is 0 Å². The molecular formula is C23H27N8+. The van der Waals surface area contributed by atoms with Crippen LogP contribution in [0.4, 0.5) is 5.95 Å². The fourth-order valence-electron chi connectivity index (χ4n) is 3.60. The standard InChI is InChI=1S/C23H26N8/c1-4-5-14-30(23-24-17(2)15-18(3)25-23)16-19-10-12-20(13-11-19)21-8-6-7-9-22(21)31-28-26-27-29-31/h6-13,15H,4-5,14,16H2,1-3H3/p+1. The molecule has 0 saturated carbocycles. The Morgan fingerprint density at radius 2 is 1.71 bits per heavy atom. The Balaban J connectivity index is 1.59. The average molecular weight is 416 g/mol. The maximum absolute atomic E-state index is 4.68. The molecule has 4 rings (SSSR count). The smallest absolute Gasteiger partial charge is 0.231 e. The molecule has 0 fully saturated rings. The van der Waals surface area contributed by atoms with Gasteiger partial charge in [-0.2, -0.15) is 0 Å². The lowest BCUT2D eigenvalue weighted by Crippen LogP contribution is -2.36. The van der Waals surface area contributed by atoms with Crippen LogP contribution in [0.15, 0.2) is 54.6 Å². The Hall–Kier alpha value is -3.68. The molecule has 0 aliphatic heterocycles. The van der Waals surface area contributed by atoms with E-state index in [0.717, 1.165) is 60.1 Å². The van der Waals surface area contributed by atoms with E-state index in [-0.39, 0.29) is 0 Å². The van der Waals surface area contributed by atoms with E-state index in [1.807, 2.05) is 38.1 Å². The summed E-state index contributed by atoms with van der Waals surface area (Å²) in [6.45, 7) is 7.94. The highest BCUT2D eigenvalue weighted by Gasteiger charge is 2.14. The molecule has 0 aliphatic carbocycles. The molecule has 0 bridgehead atoms. The third-order valence-electron chi connectivity index (χ3n) is 5.12. The first kappa shape index (κ1) is 20.6. The highest BCUT2D eigenvalue weighted by Crippen LogP contribution is 2.24. The minimum atomic E-state index is 0.769. The Kier molecular flexibility index (Phi) is 6.26. The maximum atomic E-state index is 4.68. The molecule has 0 atom stereocenters. The van der Waals surface area contributed by atoms with Crippen LogP contribution in [0.3, 0.4) is 0 Å². The van der Waals surface area contributed by atoms with Crippen LogP contribution in [0.25, 0.3) is 16.8 Å². The zero-order valence-corrected chi connectivity index (χ0v) is 18.2. The molecule has 0 unspecified atom stereocenters. The van der Waals surface area contributed by atoms with E-state index in [9.17, 15) is 0 Å². The van der Waals surface area contributed by atoms with Gasteiger partial charge in [-0.05, 0) is 53.5 Å². The number of H-pyrrole nitrogens is 1. The third kappa shape index (κ3) is 4.91. The van der Waals surface area contributed by atoms with Gasteiger partial charge in [0.05, 0.1) is 0 Å². The zero-order valence-electron chi connectivity index (χ0n) is 18.2. The molecule has 2 heterocycles. The topological polar surface area (TPSA) is 87.4 Å². The molecule has 158 valence electrons. The van der Waals surface area contributed by atoms with Crippen molar-refractivity contribution in [3.05, 3.63) is 71.5 Å². The van der Waals surface area contributed by atoms with Crippen molar-refractivity contribution in [2.75, 3.05) is 11.4 Å². The first-order valence-electron chi connectivity index (χ1n) is 10.6. The number of nitrogens with zero attached hydrogens (tertiary/aromatic N) is 7. The van der Waals surface area contributed by atoms with Gasteiger partial charge in [-0.1, -0.05) is 55.8 Å². The molecule has 0 radical (unpaired) electrons. The number of aromatic nitrogens is 7. The number of nitrogens with one attached hydrogen (secondary N) is 1. The van der Waals surface area contributed by atoms with Gasteiger partial charge in [0.15, 0.2) is 5.69 Å². The fraction of sp³-hybridized carbons (Fsp3) is 0.304. The van der Waals surface area contributed by atoms with Crippen LogP contribution in [-0.4, -0.2) is 37.4 Å². The predicted octanol–water partition coefficient (Wildman–Crippen LogP) is 3.36. The summed E-state index contributed by atoms with van der Waals surface area (Å²) < 4.78 is 0. The first-order valence-corrected chi connectivity index (χ1v) is 10.6. The Labute approximate surface area is 181 Å². The molecule has 2 aromatic carbocycles. The number of anilines is 1. The van der Waals surface area contributed by atoms with Gasteiger partial charge in [0.2, 0.25) is 16.4 Å². The quantitative estimate of drug-likeness (QED) is 0.444. The van der Waals surface area contributed by atoms with Crippen LogP contribution in [-0.2, 0) is 6.54 Å². The van der Waals surface area contributed by atoms with E-state index in [1.165, 1.54) is 5.56 Å². The van der Waals surface area contributed by atoms with Gasteiger partial charge in [0.25, 0.3) is 0 Å². The average Bonchev–Trinajstić information content (AvgIpc) is 3.31. The number of aromatic amines is 1. The van der Waals surface area contributed by atoms with Gasteiger partial charge in [0.1, 0.15) is 5.21 Å². The molecule has 0 aliphatic rings. The van der Waals surface area contributed by atoms with E-state index in [0.29, 0.717) is 0 Å². The van der Waals surface area contributed by atoms with Gasteiger partial charge in [0, 0.05) is 30.0 Å². The summed E-state index contributed by atoms with van der Waals surface area (Å²) in [5.74, 6) is 0.801. The third-order valence-corrected chi connectivity index (χ3v) is 5.12.